The van der Waals surface area contributed by atoms with E-state index in [1.165, 1.54) is 11.3 Å². The average Bonchev–Trinajstić information content (AvgIpc) is 2.94. The van der Waals surface area contributed by atoms with E-state index in [2.05, 4.69) is 4.72 Å². The van der Waals surface area contributed by atoms with Gasteiger partial charge >= 0.3 is 5.97 Å². The highest BCUT2D eigenvalue weighted by Crippen LogP contribution is 2.26. The number of likely N-dealkylation sites (tertiary alicyclic amines) is 1. The summed E-state index contributed by atoms with van der Waals surface area (Å²) in [5.41, 5.74) is 0. The van der Waals surface area contributed by atoms with Gasteiger partial charge in [0.05, 0.1) is 17.1 Å². The zero-order valence-corrected chi connectivity index (χ0v) is 15.3. The molecule has 1 saturated heterocycles. The molecule has 2 unspecified atom stereocenters. The molecular formula is C15H22N2O5S2. The summed E-state index contributed by atoms with van der Waals surface area (Å²) >= 11 is 1.32. The molecule has 1 fully saturated rings. The van der Waals surface area contributed by atoms with Crippen molar-refractivity contribution >= 4 is 33.2 Å². The fourth-order valence-corrected chi connectivity index (χ4v) is 4.16. The Labute approximate surface area is 145 Å². The Kier molecular flexibility index (Phi) is 6.00. The molecule has 9 heteroatoms. The van der Waals surface area contributed by atoms with E-state index in [4.69, 9.17) is 0 Å². The molecule has 7 nitrogen and oxygen atoms in total. The molecule has 2 N–H and O–H groups in total. The van der Waals surface area contributed by atoms with E-state index < -0.39 is 21.9 Å². The van der Waals surface area contributed by atoms with E-state index in [9.17, 15) is 23.1 Å². The average molecular weight is 374 g/mol. The molecule has 0 spiro atoms. The van der Waals surface area contributed by atoms with Crippen LogP contribution in [0, 0.1) is 5.92 Å². The molecule has 2 heterocycles. The third-order valence-electron chi connectivity index (χ3n) is 4.10. The standard InChI is InChI=1S/C15H22N2O5S2/c1-10-3-4-11(15(19)20)9-17(10)14(18)13-6-5-12(23-13)7-8-16-24(2,21)22/h5-6,10-11,16H,3-4,7-9H2,1-2H3,(H,19,20). The number of nitrogens with one attached hydrogen (secondary N) is 1. The summed E-state index contributed by atoms with van der Waals surface area (Å²) in [7, 11) is -3.22. The molecule has 1 aromatic rings. The summed E-state index contributed by atoms with van der Waals surface area (Å²) in [6.07, 6.45) is 2.89. The first-order valence-electron chi connectivity index (χ1n) is 7.74. The van der Waals surface area contributed by atoms with Crippen LogP contribution < -0.4 is 4.72 Å². The topological polar surface area (TPSA) is 104 Å². The van der Waals surface area contributed by atoms with Gasteiger partial charge < -0.3 is 10.0 Å². The van der Waals surface area contributed by atoms with Crippen LogP contribution in [0.25, 0.3) is 0 Å². The number of aliphatic carboxylic acids is 1. The number of amides is 1. The van der Waals surface area contributed by atoms with E-state index in [1.807, 2.05) is 13.0 Å². The van der Waals surface area contributed by atoms with Gasteiger partial charge in [-0.2, -0.15) is 0 Å². The fraction of sp³-hybridized carbons (Fsp3) is 0.600. The lowest BCUT2D eigenvalue weighted by molar-refractivity contribution is -0.143. The number of rotatable bonds is 6. The number of hydrogen-bond donors (Lipinski definition) is 2. The summed E-state index contributed by atoms with van der Waals surface area (Å²) in [4.78, 5) is 26.9. The van der Waals surface area contributed by atoms with Crippen molar-refractivity contribution in [2.24, 2.45) is 5.92 Å². The number of piperidine rings is 1. The van der Waals surface area contributed by atoms with Crippen LogP contribution in [-0.2, 0) is 21.2 Å². The minimum atomic E-state index is -3.22. The van der Waals surface area contributed by atoms with Crippen molar-refractivity contribution in [2.45, 2.75) is 32.2 Å². The Hall–Kier alpha value is -1.45. The van der Waals surface area contributed by atoms with Crippen LogP contribution in [0.1, 0.15) is 34.3 Å². The van der Waals surface area contributed by atoms with Crippen molar-refractivity contribution in [1.82, 2.24) is 9.62 Å². The van der Waals surface area contributed by atoms with Gasteiger partial charge in [-0.1, -0.05) is 0 Å². The Bertz CT molecular complexity index is 713. The number of nitrogens with zero attached hydrogens (tertiary/aromatic N) is 1. The maximum absolute atomic E-state index is 12.7. The van der Waals surface area contributed by atoms with Crippen LogP contribution in [0.3, 0.4) is 0 Å². The van der Waals surface area contributed by atoms with Crippen LogP contribution in [0.15, 0.2) is 12.1 Å². The lowest BCUT2D eigenvalue weighted by Gasteiger charge is -2.36. The largest absolute Gasteiger partial charge is 0.481 e. The highest BCUT2D eigenvalue weighted by Gasteiger charge is 2.33. The second-order valence-electron chi connectivity index (χ2n) is 6.10. The van der Waals surface area contributed by atoms with Gasteiger partial charge in [0.15, 0.2) is 0 Å². The summed E-state index contributed by atoms with van der Waals surface area (Å²) in [5, 5.41) is 9.17. The number of carbonyl (C=O) groups is 2. The Morgan fingerprint density at radius 2 is 2.08 bits per heavy atom. The molecular weight excluding hydrogens is 352 g/mol. The minimum absolute atomic E-state index is 0.0190. The Balaban J connectivity index is 2.00. The first-order valence-corrected chi connectivity index (χ1v) is 10.5. The summed E-state index contributed by atoms with van der Waals surface area (Å²) in [6, 6.07) is 3.55. The molecule has 2 atom stereocenters. The first kappa shape index (κ1) is 18.9. The van der Waals surface area contributed by atoms with Gasteiger partial charge in [-0.05, 0) is 38.3 Å². The molecule has 2 rings (SSSR count). The number of carboxylic acid groups (broad SMARTS) is 1. The van der Waals surface area contributed by atoms with Crippen molar-refractivity contribution < 1.29 is 23.1 Å². The van der Waals surface area contributed by atoms with Gasteiger partial charge in [0, 0.05) is 24.0 Å². The molecule has 0 saturated carbocycles. The van der Waals surface area contributed by atoms with E-state index >= 15 is 0 Å². The monoisotopic (exact) mass is 374 g/mol. The van der Waals surface area contributed by atoms with Gasteiger partial charge in [0.1, 0.15) is 0 Å². The molecule has 0 bridgehead atoms. The zero-order valence-electron chi connectivity index (χ0n) is 13.7. The molecule has 1 aliphatic heterocycles. The van der Waals surface area contributed by atoms with Gasteiger partial charge in [0.2, 0.25) is 10.0 Å². The predicted octanol–water partition coefficient (Wildman–Crippen LogP) is 1.17. The van der Waals surface area contributed by atoms with E-state index in [-0.39, 0.29) is 25.0 Å². The van der Waals surface area contributed by atoms with Gasteiger partial charge in [-0.15, -0.1) is 11.3 Å². The number of thiophene rings is 1. The number of sulfonamides is 1. The lowest BCUT2D eigenvalue weighted by Crippen LogP contribution is -2.47. The van der Waals surface area contributed by atoms with Crippen molar-refractivity contribution in [3.05, 3.63) is 21.9 Å². The molecule has 1 amide bonds. The van der Waals surface area contributed by atoms with E-state index in [0.717, 1.165) is 11.1 Å². The maximum atomic E-state index is 12.7. The third-order valence-corrected chi connectivity index (χ3v) is 5.96. The van der Waals surface area contributed by atoms with Crippen molar-refractivity contribution in [2.75, 3.05) is 19.3 Å². The van der Waals surface area contributed by atoms with Crippen LogP contribution in [0.5, 0.6) is 0 Å². The Morgan fingerprint density at radius 3 is 2.71 bits per heavy atom. The van der Waals surface area contributed by atoms with Crippen molar-refractivity contribution in [1.29, 1.82) is 0 Å². The van der Waals surface area contributed by atoms with Crippen LogP contribution in [0.4, 0.5) is 0 Å². The number of hydrogen-bond acceptors (Lipinski definition) is 5. The molecule has 24 heavy (non-hydrogen) atoms. The normalized spacial score (nSPS) is 21.7. The van der Waals surface area contributed by atoms with Crippen LogP contribution >= 0.6 is 11.3 Å². The first-order chi connectivity index (χ1) is 11.2. The highest BCUT2D eigenvalue weighted by atomic mass is 32.2. The second kappa shape index (κ2) is 7.62. The maximum Gasteiger partial charge on any atom is 0.308 e. The predicted molar refractivity (Wildman–Crippen MR) is 91.7 cm³/mol. The smallest absolute Gasteiger partial charge is 0.308 e. The molecule has 1 aliphatic rings. The minimum Gasteiger partial charge on any atom is -0.481 e. The quantitative estimate of drug-likeness (QED) is 0.778. The lowest BCUT2D eigenvalue weighted by atomic mass is 9.93. The number of carboxylic acids is 1. The van der Waals surface area contributed by atoms with Gasteiger partial charge in [-0.25, -0.2) is 13.1 Å². The van der Waals surface area contributed by atoms with Gasteiger partial charge in [0.25, 0.3) is 5.91 Å². The van der Waals surface area contributed by atoms with E-state index in [0.29, 0.717) is 24.1 Å². The summed E-state index contributed by atoms with van der Waals surface area (Å²) in [6.45, 7) is 2.45. The van der Waals surface area contributed by atoms with E-state index in [1.54, 1.807) is 11.0 Å². The highest BCUT2D eigenvalue weighted by molar-refractivity contribution is 7.88. The third kappa shape index (κ3) is 5.02. The molecule has 0 aliphatic carbocycles. The van der Waals surface area contributed by atoms with Crippen LogP contribution in [0.2, 0.25) is 0 Å². The second-order valence-corrected chi connectivity index (χ2v) is 9.10. The molecule has 0 aromatic carbocycles. The molecule has 1 aromatic heterocycles. The SMILES string of the molecule is CC1CCC(C(=O)O)CN1C(=O)c1ccc(CCNS(C)(=O)=O)s1. The summed E-state index contributed by atoms with van der Waals surface area (Å²) < 4.78 is 24.5. The van der Waals surface area contributed by atoms with Crippen molar-refractivity contribution in [3.63, 3.8) is 0 Å². The van der Waals surface area contributed by atoms with Crippen molar-refractivity contribution in [3.8, 4) is 0 Å². The van der Waals surface area contributed by atoms with Gasteiger partial charge in [-0.3, -0.25) is 9.59 Å². The summed E-state index contributed by atoms with van der Waals surface area (Å²) in [5.74, 6) is -1.53. The van der Waals surface area contributed by atoms with Crippen LogP contribution in [-0.4, -0.2) is 55.7 Å². The fourth-order valence-electron chi connectivity index (χ4n) is 2.72. The zero-order chi connectivity index (χ0) is 17.9. The molecule has 134 valence electrons. The number of carbonyl (C=O) groups excluding carboxylic acids is 1. The molecule has 0 radical (unpaired) electrons. The Morgan fingerprint density at radius 1 is 1.38 bits per heavy atom.